The third-order valence-corrected chi connectivity index (χ3v) is 3.15. The van der Waals surface area contributed by atoms with Crippen LogP contribution in [-0.2, 0) is 9.53 Å². The minimum absolute atomic E-state index is 0.00510. The fourth-order valence-electron chi connectivity index (χ4n) is 2.20. The second kappa shape index (κ2) is 5.27. The molecule has 104 valence electrons. The van der Waals surface area contributed by atoms with Crippen molar-refractivity contribution in [1.29, 1.82) is 0 Å². The molecule has 2 unspecified atom stereocenters. The van der Waals surface area contributed by atoms with E-state index in [1.807, 2.05) is 0 Å². The predicted molar refractivity (Wildman–Crippen MR) is 65.6 cm³/mol. The molecule has 0 aromatic carbocycles. The Morgan fingerprint density at radius 1 is 1.58 bits per heavy atom. The number of carboxylic acids is 1. The Hall–Kier alpha value is -2.09. The molecule has 8 nitrogen and oxygen atoms in total. The average Bonchev–Trinajstić information content (AvgIpc) is 2.82. The molecule has 2 rings (SSSR count). The van der Waals surface area contributed by atoms with Crippen molar-refractivity contribution >= 4 is 11.8 Å². The number of nitrogens with zero attached hydrogens (tertiary/aromatic N) is 2. The summed E-state index contributed by atoms with van der Waals surface area (Å²) in [6, 6.07) is -0.784. The molecule has 2 atom stereocenters. The van der Waals surface area contributed by atoms with Crippen molar-refractivity contribution in [3.8, 4) is 5.75 Å². The molecule has 0 spiro atoms. The number of aromatic amines is 1. The summed E-state index contributed by atoms with van der Waals surface area (Å²) in [7, 11) is 2.87. The molecule has 0 aliphatic carbocycles. The molecular weight excluding hydrogens is 254 g/mol. The van der Waals surface area contributed by atoms with Gasteiger partial charge in [0.1, 0.15) is 6.04 Å². The molecule has 1 aromatic heterocycles. The lowest BCUT2D eigenvalue weighted by Gasteiger charge is -2.23. The lowest BCUT2D eigenvalue weighted by Crippen LogP contribution is -2.37. The first-order valence-corrected chi connectivity index (χ1v) is 5.72. The van der Waals surface area contributed by atoms with Crippen molar-refractivity contribution in [1.82, 2.24) is 9.97 Å². The summed E-state index contributed by atoms with van der Waals surface area (Å²) in [6.45, 7) is 0.348. The van der Waals surface area contributed by atoms with E-state index in [0.29, 0.717) is 13.0 Å². The summed E-state index contributed by atoms with van der Waals surface area (Å²) in [4.78, 5) is 30.8. The number of H-pyrrole nitrogens is 1. The maximum atomic E-state index is 11.6. The number of hydrogen-bond donors (Lipinski definition) is 2. The van der Waals surface area contributed by atoms with Gasteiger partial charge in [-0.25, -0.2) is 9.78 Å². The van der Waals surface area contributed by atoms with Crippen molar-refractivity contribution in [3.63, 3.8) is 0 Å². The van der Waals surface area contributed by atoms with Crippen molar-refractivity contribution in [2.75, 3.05) is 25.7 Å². The summed E-state index contributed by atoms with van der Waals surface area (Å²) in [6.07, 6.45) is 1.34. The van der Waals surface area contributed by atoms with Gasteiger partial charge in [-0.2, -0.15) is 0 Å². The van der Waals surface area contributed by atoms with Crippen LogP contribution in [0.2, 0.25) is 0 Å². The highest BCUT2D eigenvalue weighted by atomic mass is 16.5. The van der Waals surface area contributed by atoms with Gasteiger partial charge in [0, 0.05) is 20.1 Å². The van der Waals surface area contributed by atoms with E-state index in [4.69, 9.17) is 9.47 Å². The number of anilines is 1. The van der Waals surface area contributed by atoms with Gasteiger partial charge >= 0.3 is 5.97 Å². The molecule has 1 aliphatic heterocycles. The monoisotopic (exact) mass is 269 g/mol. The Kier molecular flexibility index (Phi) is 3.70. The maximum absolute atomic E-state index is 11.6. The number of hydrogen-bond acceptors (Lipinski definition) is 6. The standard InChI is InChI=1S/C11H15N3O5/c1-18-6-3-7(11(16)17)14(4-6)9-8(19-2)10(15)13-5-12-9/h5-7H,3-4H2,1-2H3,(H,16,17)(H,12,13,15). The first kappa shape index (κ1) is 13.3. The van der Waals surface area contributed by atoms with E-state index in [-0.39, 0.29) is 17.7 Å². The zero-order chi connectivity index (χ0) is 14.0. The van der Waals surface area contributed by atoms with Gasteiger partial charge in [-0.15, -0.1) is 0 Å². The molecule has 1 aromatic rings. The van der Waals surface area contributed by atoms with Crippen LogP contribution < -0.4 is 15.2 Å². The highest BCUT2D eigenvalue weighted by Gasteiger charge is 2.39. The topological polar surface area (TPSA) is 105 Å². The van der Waals surface area contributed by atoms with Crippen LogP contribution in [0, 0.1) is 0 Å². The first-order chi connectivity index (χ1) is 9.08. The fraction of sp³-hybridized carbons (Fsp3) is 0.545. The smallest absolute Gasteiger partial charge is 0.326 e. The van der Waals surface area contributed by atoms with Gasteiger partial charge in [-0.3, -0.25) is 4.79 Å². The van der Waals surface area contributed by atoms with Crippen molar-refractivity contribution in [2.45, 2.75) is 18.6 Å². The second-order valence-electron chi connectivity index (χ2n) is 4.19. The van der Waals surface area contributed by atoms with Crippen LogP contribution in [0.15, 0.2) is 11.1 Å². The van der Waals surface area contributed by atoms with Crippen LogP contribution in [0.3, 0.4) is 0 Å². The van der Waals surface area contributed by atoms with Crippen LogP contribution >= 0.6 is 0 Å². The molecule has 2 N–H and O–H groups in total. The third kappa shape index (κ3) is 2.39. The van der Waals surface area contributed by atoms with Crippen molar-refractivity contribution < 1.29 is 19.4 Å². The van der Waals surface area contributed by atoms with E-state index >= 15 is 0 Å². The van der Waals surface area contributed by atoms with Crippen LogP contribution in [0.25, 0.3) is 0 Å². The van der Waals surface area contributed by atoms with E-state index in [2.05, 4.69) is 9.97 Å². The van der Waals surface area contributed by atoms with E-state index < -0.39 is 17.6 Å². The number of aromatic nitrogens is 2. The summed E-state index contributed by atoms with van der Waals surface area (Å²) in [5.74, 6) is -0.757. The van der Waals surface area contributed by atoms with Gasteiger partial charge < -0.3 is 24.5 Å². The quantitative estimate of drug-likeness (QED) is 0.756. The molecule has 0 amide bonds. The van der Waals surface area contributed by atoms with Gasteiger partial charge in [-0.1, -0.05) is 0 Å². The highest BCUT2D eigenvalue weighted by molar-refractivity contribution is 5.79. The summed E-state index contributed by atoms with van der Waals surface area (Å²) in [5, 5.41) is 9.24. The SMILES string of the molecule is COc1c(N2CC(OC)CC2C(=O)O)nc[nH]c1=O. The molecule has 1 aliphatic rings. The Labute approximate surface area is 109 Å². The molecule has 8 heteroatoms. The van der Waals surface area contributed by atoms with Gasteiger partial charge in [0.25, 0.3) is 5.56 Å². The largest absolute Gasteiger partial charge is 0.489 e. The molecule has 0 saturated carbocycles. The van der Waals surface area contributed by atoms with Gasteiger partial charge in [0.15, 0.2) is 5.82 Å². The Bertz CT molecular complexity index is 529. The maximum Gasteiger partial charge on any atom is 0.326 e. The number of methoxy groups -OCH3 is 2. The van der Waals surface area contributed by atoms with E-state index in [1.54, 1.807) is 0 Å². The lowest BCUT2D eigenvalue weighted by molar-refractivity contribution is -0.138. The molecule has 0 radical (unpaired) electrons. The summed E-state index contributed by atoms with van der Waals surface area (Å²) >= 11 is 0. The van der Waals surface area contributed by atoms with E-state index in [9.17, 15) is 14.7 Å². The number of carbonyl (C=O) groups is 1. The molecule has 1 fully saturated rings. The van der Waals surface area contributed by atoms with Crippen molar-refractivity contribution in [3.05, 3.63) is 16.7 Å². The van der Waals surface area contributed by atoms with Crippen LogP contribution in [0.1, 0.15) is 6.42 Å². The normalized spacial score (nSPS) is 22.5. The zero-order valence-corrected chi connectivity index (χ0v) is 10.6. The number of ether oxygens (including phenoxy) is 2. The number of nitrogens with one attached hydrogen (secondary N) is 1. The predicted octanol–water partition coefficient (Wildman–Crippen LogP) is -0.543. The molecule has 1 saturated heterocycles. The summed E-state index contributed by atoms with van der Waals surface area (Å²) in [5.41, 5.74) is -0.447. The number of rotatable bonds is 4. The van der Waals surface area contributed by atoms with Gasteiger partial charge in [0.05, 0.1) is 19.5 Å². The fourth-order valence-corrected chi connectivity index (χ4v) is 2.20. The second-order valence-corrected chi connectivity index (χ2v) is 4.19. The Balaban J connectivity index is 2.42. The minimum Gasteiger partial charge on any atom is -0.489 e. The highest BCUT2D eigenvalue weighted by Crippen LogP contribution is 2.30. The first-order valence-electron chi connectivity index (χ1n) is 5.72. The van der Waals surface area contributed by atoms with E-state index in [1.165, 1.54) is 25.4 Å². The third-order valence-electron chi connectivity index (χ3n) is 3.15. The Morgan fingerprint density at radius 3 is 2.89 bits per heavy atom. The summed E-state index contributed by atoms with van der Waals surface area (Å²) < 4.78 is 10.2. The van der Waals surface area contributed by atoms with Crippen LogP contribution in [0.4, 0.5) is 5.82 Å². The number of carboxylic acid groups (broad SMARTS) is 1. The number of aliphatic carboxylic acids is 1. The van der Waals surface area contributed by atoms with Gasteiger partial charge in [0.2, 0.25) is 5.75 Å². The van der Waals surface area contributed by atoms with Crippen LogP contribution in [-0.4, -0.2) is 54.0 Å². The molecular formula is C11H15N3O5. The van der Waals surface area contributed by atoms with Crippen molar-refractivity contribution in [2.24, 2.45) is 0 Å². The van der Waals surface area contributed by atoms with E-state index in [0.717, 1.165) is 0 Å². The van der Waals surface area contributed by atoms with Gasteiger partial charge in [-0.05, 0) is 0 Å². The molecule has 2 heterocycles. The molecule has 0 bridgehead atoms. The zero-order valence-electron chi connectivity index (χ0n) is 10.6. The average molecular weight is 269 g/mol. The molecule has 19 heavy (non-hydrogen) atoms. The Morgan fingerprint density at radius 2 is 2.32 bits per heavy atom. The van der Waals surface area contributed by atoms with Crippen LogP contribution in [0.5, 0.6) is 5.75 Å². The minimum atomic E-state index is -0.983. The lowest BCUT2D eigenvalue weighted by atomic mass is 10.2.